The van der Waals surface area contributed by atoms with Crippen LogP contribution in [0.4, 0.5) is 0 Å². The Morgan fingerprint density at radius 1 is 1.21 bits per heavy atom. The van der Waals surface area contributed by atoms with Crippen LogP contribution in [0.2, 0.25) is 0 Å². The Morgan fingerprint density at radius 2 is 1.93 bits per heavy atom. The summed E-state index contributed by atoms with van der Waals surface area (Å²) in [6, 6.07) is 8.68. The van der Waals surface area contributed by atoms with E-state index >= 15 is 0 Å². The number of carbonyl (C=O) groups excluding carboxylic acids is 1. The van der Waals surface area contributed by atoms with Crippen LogP contribution in [-0.2, 0) is 11.3 Å². The molecule has 3 rings (SSSR count). The van der Waals surface area contributed by atoms with Gasteiger partial charge in [-0.1, -0.05) is 25.0 Å². The molecule has 0 bridgehead atoms. The lowest BCUT2D eigenvalue weighted by molar-refractivity contribution is 0.0600. The van der Waals surface area contributed by atoms with Gasteiger partial charge in [-0.2, -0.15) is 0 Å². The Balaban J connectivity index is 0.00000280. The number of ether oxygens (including phenoxy) is 1. The second kappa shape index (κ2) is 11.6. The SMILES string of the molecule is CCNC(=NCc1ccc(C(=O)OC)cc1)NC1CCN(C2CCCC2)C1.I. The van der Waals surface area contributed by atoms with Crippen LogP contribution in [-0.4, -0.2) is 55.7 Å². The fourth-order valence-electron chi connectivity index (χ4n) is 4.05. The van der Waals surface area contributed by atoms with E-state index in [9.17, 15) is 4.79 Å². The first-order valence-electron chi connectivity index (χ1n) is 10.2. The van der Waals surface area contributed by atoms with Gasteiger partial charge in [0.1, 0.15) is 0 Å². The Bertz CT molecular complexity index is 644. The summed E-state index contributed by atoms with van der Waals surface area (Å²) in [5.41, 5.74) is 1.63. The number of methoxy groups -OCH3 is 1. The molecule has 1 saturated heterocycles. The highest BCUT2D eigenvalue weighted by atomic mass is 127. The van der Waals surface area contributed by atoms with Crippen LogP contribution in [0, 0.1) is 0 Å². The highest BCUT2D eigenvalue weighted by Gasteiger charge is 2.30. The Morgan fingerprint density at radius 3 is 2.57 bits per heavy atom. The zero-order valence-corrected chi connectivity index (χ0v) is 19.3. The van der Waals surface area contributed by atoms with Gasteiger partial charge in [-0.05, 0) is 43.9 Å². The standard InChI is InChI=1S/C21H32N4O2.HI/c1-3-22-21(23-14-16-8-10-17(11-9-16)20(26)27-2)24-18-12-13-25(15-18)19-6-4-5-7-19;/h8-11,18-19H,3-7,12-15H2,1-2H3,(H2,22,23,24);1H. The summed E-state index contributed by atoms with van der Waals surface area (Å²) in [6.45, 7) is 5.81. The Labute approximate surface area is 185 Å². The summed E-state index contributed by atoms with van der Waals surface area (Å²) < 4.78 is 4.74. The lowest BCUT2D eigenvalue weighted by Crippen LogP contribution is -2.45. The number of hydrogen-bond acceptors (Lipinski definition) is 4. The van der Waals surface area contributed by atoms with E-state index in [1.807, 2.05) is 12.1 Å². The van der Waals surface area contributed by atoms with Gasteiger partial charge in [-0.25, -0.2) is 9.79 Å². The van der Waals surface area contributed by atoms with Crippen LogP contribution < -0.4 is 10.6 Å². The molecule has 1 aliphatic carbocycles. The predicted molar refractivity (Wildman–Crippen MR) is 123 cm³/mol. The van der Waals surface area contributed by atoms with Crippen molar-refractivity contribution in [2.75, 3.05) is 26.7 Å². The average Bonchev–Trinajstić information content (AvgIpc) is 3.38. The summed E-state index contributed by atoms with van der Waals surface area (Å²) >= 11 is 0. The molecule has 7 heteroatoms. The van der Waals surface area contributed by atoms with Gasteiger partial charge in [0.25, 0.3) is 0 Å². The summed E-state index contributed by atoms with van der Waals surface area (Å²) in [7, 11) is 1.39. The monoisotopic (exact) mass is 500 g/mol. The molecule has 28 heavy (non-hydrogen) atoms. The maximum absolute atomic E-state index is 11.5. The summed E-state index contributed by atoms with van der Waals surface area (Å²) in [6.07, 6.45) is 6.68. The third kappa shape index (κ3) is 6.34. The first-order chi connectivity index (χ1) is 13.2. The van der Waals surface area contributed by atoms with E-state index in [1.54, 1.807) is 12.1 Å². The topological polar surface area (TPSA) is 66.0 Å². The average molecular weight is 500 g/mol. The summed E-state index contributed by atoms with van der Waals surface area (Å²) in [4.78, 5) is 18.9. The van der Waals surface area contributed by atoms with Gasteiger partial charge in [0, 0.05) is 31.7 Å². The van der Waals surface area contributed by atoms with Crippen LogP contribution in [0.1, 0.15) is 54.9 Å². The number of guanidine groups is 1. The maximum atomic E-state index is 11.5. The van der Waals surface area contributed by atoms with Crippen molar-refractivity contribution in [2.45, 2.75) is 57.7 Å². The molecule has 1 atom stereocenters. The highest BCUT2D eigenvalue weighted by Crippen LogP contribution is 2.26. The fraction of sp³-hybridized carbons (Fsp3) is 0.619. The molecule has 2 N–H and O–H groups in total. The number of nitrogens with one attached hydrogen (secondary N) is 2. The number of aliphatic imine (C=N–C) groups is 1. The van der Waals surface area contributed by atoms with E-state index in [4.69, 9.17) is 9.73 Å². The first kappa shape index (κ1) is 22.9. The van der Waals surface area contributed by atoms with E-state index in [0.29, 0.717) is 18.2 Å². The minimum atomic E-state index is -0.312. The van der Waals surface area contributed by atoms with E-state index in [0.717, 1.165) is 30.7 Å². The smallest absolute Gasteiger partial charge is 0.337 e. The molecule has 156 valence electrons. The Hall–Kier alpha value is -1.35. The molecule has 1 saturated carbocycles. The molecule has 0 aromatic heterocycles. The van der Waals surface area contributed by atoms with E-state index in [-0.39, 0.29) is 29.9 Å². The molecule has 1 aliphatic heterocycles. The molecular formula is C21H33IN4O2. The lowest BCUT2D eigenvalue weighted by Gasteiger charge is -2.24. The van der Waals surface area contributed by atoms with Crippen LogP contribution in [0.5, 0.6) is 0 Å². The summed E-state index contributed by atoms with van der Waals surface area (Å²) in [5.74, 6) is 0.556. The van der Waals surface area contributed by atoms with Crippen molar-refractivity contribution in [2.24, 2.45) is 4.99 Å². The number of halogens is 1. The number of carbonyl (C=O) groups is 1. The molecule has 2 aliphatic rings. The summed E-state index contributed by atoms with van der Waals surface area (Å²) in [5, 5.41) is 6.95. The number of hydrogen-bond donors (Lipinski definition) is 2. The Kier molecular flexibility index (Phi) is 9.50. The molecule has 2 fully saturated rings. The zero-order chi connectivity index (χ0) is 19.1. The van der Waals surface area contributed by atoms with Crippen molar-refractivity contribution >= 4 is 35.9 Å². The molecule has 0 amide bonds. The van der Waals surface area contributed by atoms with Crippen molar-refractivity contribution in [3.05, 3.63) is 35.4 Å². The second-order valence-corrected chi connectivity index (χ2v) is 7.45. The molecule has 1 unspecified atom stereocenters. The van der Waals surface area contributed by atoms with Gasteiger partial charge < -0.3 is 15.4 Å². The van der Waals surface area contributed by atoms with Gasteiger partial charge in [0.05, 0.1) is 19.2 Å². The van der Waals surface area contributed by atoms with Crippen molar-refractivity contribution in [3.8, 4) is 0 Å². The molecule has 0 radical (unpaired) electrons. The van der Waals surface area contributed by atoms with Gasteiger partial charge >= 0.3 is 5.97 Å². The van der Waals surface area contributed by atoms with Crippen molar-refractivity contribution in [3.63, 3.8) is 0 Å². The van der Waals surface area contributed by atoms with E-state index in [1.165, 1.54) is 45.8 Å². The number of rotatable bonds is 6. The van der Waals surface area contributed by atoms with Crippen molar-refractivity contribution < 1.29 is 9.53 Å². The predicted octanol–water partition coefficient (Wildman–Crippen LogP) is 3.16. The molecular weight excluding hydrogens is 467 g/mol. The van der Waals surface area contributed by atoms with Gasteiger partial charge in [-0.15, -0.1) is 24.0 Å². The minimum Gasteiger partial charge on any atom is -0.465 e. The molecule has 0 spiro atoms. The lowest BCUT2D eigenvalue weighted by atomic mass is 10.1. The molecule has 1 aromatic carbocycles. The highest BCUT2D eigenvalue weighted by molar-refractivity contribution is 14.0. The maximum Gasteiger partial charge on any atom is 0.337 e. The number of likely N-dealkylation sites (tertiary alicyclic amines) is 1. The van der Waals surface area contributed by atoms with Gasteiger partial charge in [0.15, 0.2) is 5.96 Å². The van der Waals surface area contributed by atoms with Crippen molar-refractivity contribution in [1.29, 1.82) is 0 Å². The fourth-order valence-corrected chi connectivity index (χ4v) is 4.05. The number of benzene rings is 1. The van der Waals surface area contributed by atoms with Gasteiger partial charge in [-0.3, -0.25) is 4.90 Å². The first-order valence-corrected chi connectivity index (χ1v) is 10.2. The quantitative estimate of drug-likeness (QED) is 0.272. The van der Waals surface area contributed by atoms with Crippen LogP contribution in [0.15, 0.2) is 29.3 Å². The number of nitrogens with zero attached hydrogens (tertiary/aromatic N) is 2. The normalized spacial score (nSPS) is 20.6. The van der Waals surface area contributed by atoms with E-state index in [2.05, 4.69) is 22.5 Å². The largest absolute Gasteiger partial charge is 0.465 e. The molecule has 6 nitrogen and oxygen atoms in total. The second-order valence-electron chi connectivity index (χ2n) is 7.45. The van der Waals surface area contributed by atoms with Gasteiger partial charge in [0.2, 0.25) is 0 Å². The number of esters is 1. The van der Waals surface area contributed by atoms with Crippen molar-refractivity contribution in [1.82, 2.24) is 15.5 Å². The molecule has 1 heterocycles. The zero-order valence-electron chi connectivity index (χ0n) is 16.9. The third-order valence-corrected chi connectivity index (χ3v) is 5.54. The van der Waals surface area contributed by atoms with E-state index < -0.39 is 0 Å². The third-order valence-electron chi connectivity index (χ3n) is 5.54. The minimum absolute atomic E-state index is 0. The molecule has 1 aromatic rings. The van der Waals surface area contributed by atoms with Crippen LogP contribution >= 0.6 is 24.0 Å². The van der Waals surface area contributed by atoms with Crippen LogP contribution in [0.3, 0.4) is 0 Å². The van der Waals surface area contributed by atoms with Crippen LogP contribution in [0.25, 0.3) is 0 Å².